The lowest BCUT2D eigenvalue weighted by Gasteiger charge is -2.22. The molecule has 7 nitrogen and oxygen atoms in total. The molecule has 1 aliphatic rings. The smallest absolute Gasteiger partial charge is 0.252 e. The second-order valence-corrected chi connectivity index (χ2v) is 8.89. The number of hydrogen-bond donors (Lipinski definition) is 0. The van der Waals surface area contributed by atoms with Gasteiger partial charge in [-0.25, -0.2) is 14.5 Å². The maximum Gasteiger partial charge on any atom is 0.252 e. The first-order valence-corrected chi connectivity index (χ1v) is 11.3. The van der Waals surface area contributed by atoms with Gasteiger partial charge in [-0.3, -0.25) is 9.69 Å². The van der Waals surface area contributed by atoms with Crippen molar-refractivity contribution in [1.82, 2.24) is 24.5 Å². The fourth-order valence-corrected chi connectivity index (χ4v) is 4.91. The summed E-state index contributed by atoms with van der Waals surface area (Å²) in [5.41, 5.74) is 2.44. The van der Waals surface area contributed by atoms with Crippen LogP contribution in [-0.2, 0) is 11.2 Å². The topological polar surface area (TPSA) is 75.8 Å². The van der Waals surface area contributed by atoms with E-state index >= 15 is 0 Å². The molecule has 3 aromatic rings. The van der Waals surface area contributed by atoms with Gasteiger partial charge in [-0.05, 0) is 44.5 Å². The highest BCUT2D eigenvalue weighted by Crippen LogP contribution is 2.32. The monoisotopic (exact) mass is 462 g/mol. The minimum absolute atomic E-state index is 0.0724. The summed E-state index contributed by atoms with van der Waals surface area (Å²) in [5.74, 6) is 1.65. The SMILES string of the molecule is CCC1CSC(=Nc2ccc(Cl)c(Cl)c2)N1C(=O)Cc1nc2nc(C)cc(C)n2n1. The molecule has 0 saturated carbocycles. The number of benzene rings is 1. The fourth-order valence-electron chi connectivity index (χ4n) is 3.34. The number of amides is 1. The predicted octanol–water partition coefficient (Wildman–Crippen LogP) is 4.63. The standard InChI is InChI=1S/C20H20Cl2N6OS/c1-4-14-10-30-20(24-13-5-6-15(21)16(22)8-13)27(14)18(29)9-17-25-19-23-11(2)7-12(3)28(19)26-17/h5-8,14H,4,9-10H2,1-3H3. The normalized spacial score (nSPS) is 18.0. The van der Waals surface area contributed by atoms with Crippen molar-refractivity contribution in [2.75, 3.05) is 5.75 Å². The Morgan fingerprint density at radius 3 is 2.77 bits per heavy atom. The third-order valence-electron chi connectivity index (χ3n) is 4.82. The zero-order chi connectivity index (χ0) is 21.4. The number of aliphatic imine (C=N–C) groups is 1. The van der Waals surface area contributed by atoms with Crippen LogP contribution in [0.1, 0.15) is 30.6 Å². The second kappa shape index (κ2) is 8.53. The summed E-state index contributed by atoms with van der Waals surface area (Å²) in [6.07, 6.45) is 0.914. The maximum absolute atomic E-state index is 13.2. The molecule has 0 aliphatic carbocycles. The van der Waals surface area contributed by atoms with Crippen molar-refractivity contribution in [3.8, 4) is 0 Å². The number of rotatable bonds is 4. The Morgan fingerprint density at radius 1 is 1.23 bits per heavy atom. The minimum atomic E-state index is -0.0871. The number of aryl methyl sites for hydroxylation is 2. The average molecular weight is 463 g/mol. The Morgan fingerprint density at radius 2 is 2.03 bits per heavy atom. The first-order chi connectivity index (χ1) is 14.4. The molecule has 1 amide bonds. The van der Waals surface area contributed by atoms with E-state index in [0.29, 0.717) is 32.5 Å². The molecule has 0 bridgehead atoms. The first kappa shape index (κ1) is 21.1. The molecule has 0 spiro atoms. The van der Waals surface area contributed by atoms with E-state index in [1.807, 2.05) is 19.9 Å². The van der Waals surface area contributed by atoms with Crippen LogP contribution in [-0.4, -0.2) is 47.4 Å². The number of fused-ring (bicyclic) bond motifs is 1. The van der Waals surface area contributed by atoms with E-state index < -0.39 is 0 Å². The van der Waals surface area contributed by atoms with Crippen LogP contribution in [0.5, 0.6) is 0 Å². The van der Waals surface area contributed by atoms with Gasteiger partial charge in [-0.15, -0.1) is 5.10 Å². The number of halogens is 2. The summed E-state index contributed by atoms with van der Waals surface area (Å²) < 4.78 is 1.66. The number of aromatic nitrogens is 4. The van der Waals surface area contributed by atoms with Crippen LogP contribution in [0.3, 0.4) is 0 Å². The van der Waals surface area contributed by atoms with Crippen LogP contribution in [0, 0.1) is 13.8 Å². The predicted molar refractivity (Wildman–Crippen MR) is 121 cm³/mol. The van der Waals surface area contributed by atoms with Crippen molar-refractivity contribution in [2.45, 2.75) is 39.7 Å². The number of amidine groups is 1. The van der Waals surface area contributed by atoms with Crippen molar-refractivity contribution in [3.63, 3.8) is 0 Å². The molecule has 3 heterocycles. The van der Waals surface area contributed by atoms with Gasteiger partial charge in [0.1, 0.15) is 0 Å². The molecule has 0 radical (unpaired) electrons. The largest absolute Gasteiger partial charge is 0.287 e. The summed E-state index contributed by atoms with van der Waals surface area (Å²) in [5, 5.41) is 6.01. The molecule has 156 valence electrons. The molecule has 0 N–H and O–H groups in total. The lowest BCUT2D eigenvalue weighted by atomic mass is 10.2. The molecule has 1 saturated heterocycles. The Bertz CT molecular complexity index is 1160. The summed E-state index contributed by atoms with van der Waals surface area (Å²) >= 11 is 13.7. The van der Waals surface area contributed by atoms with Gasteiger partial charge in [-0.2, -0.15) is 4.98 Å². The number of carbonyl (C=O) groups is 1. The Hall–Kier alpha value is -2.16. The zero-order valence-corrected chi connectivity index (χ0v) is 19.1. The number of nitrogens with zero attached hydrogens (tertiary/aromatic N) is 6. The fraction of sp³-hybridized carbons (Fsp3) is 0.350. The third-order valence-corrected chi connectivity index (χ3v) is 6.65. The number of thioether (sulfide) groups is 1. The summed E-state index contributed by atoms with van der Waals surface area (Å²) in [4.78, 5) is 28.5. The van der Waals surface area contributed by atoms with Crippen molar-refractivity contribution in [2.24, 2.45) is 4.99 Å². The lowest BCUT2D eigenvalue weighted by molar-refractivity contribution is -0.127. The van der Waals surface area contributed by atoms with Gasteiger partial charge in [0.05, 0.1) is 22.2 Å². The van der Waals surface area contributed by atoms with Crippen LogP contribution in [0.25, 0.3) is 5.78 Å². The molecule has 1 fully saturated rings. The second-order valence-electron chi connectivity index (χ2n) is 7.09. The molecule has 1 unspecified atom stereocenters. The van der Waals surface area contributed by atoms with E-state index in [4.69, 9.17) is 23.2 Å². The van der Waals surface area contributed by atoms with E-state index in [1.54, 1.807) is 39.4 Å². The molecule has 30 heavy (non-hydrogen) atoms. The molecule has 1 aliphatic heterocycles. The van der Waals surface area contributed by atoms with Gasteiger partial charge in [0.15, 0.2) is 11.0 Å². The highest BCUT2D eigenvalue weighted by molar-refractivity contribution is 8.14. The zero-order valence-electron chi connectivity index (χ0n) is 16.8. The number of carbonyl (C=O) groups excluding carboxylic acids is 1. The molecule has 1 aromatic carbocycles. The number of hydrogen-bond acceptors (Lipinski definition) is 6. The van der Waals surface area contributed by atoms with Gasteiger partial charge in [0, 0.05) is 23.2 Å². The Balaban J connectivity index is 1.62. The van der Waals surface area contributed by atoms with Crippen molar-refractivity contribution >= 4 is 57.5 Å². The molecule has 10 heteroatoms. The van der Waals surface area contributed by atoms with Crippen molar-refractivity contribution in [1.29, 1.82) is 0 Å². The molecule has 1 atom stereocenters. The van der Waals surface area contributed by atoms with Crippen LogP contribution < -0.4 is 0 Å². The van der Waals surface area contributed by atoms with E-state index in [9.17, 15) is 4.79 Å². The highest BCUT2D eigenvalue weighted by Gasteiger charge is 2.34. The maximum atomic E-state index is 13.2. The summed E-state index contributed by atoms with van der Waals surface area (Å²) in [6.45, 7) is 5.91. The van der Waals surface area contributed by atoms with Gasteiger partial charge in [0.25, 0.3) is 5.78 Å². The van der Waals surface area contributed by atoms with E-state index in [1.165, 1.54) is 0 Å². The third kappa shape index (κ3) is 4.17. The Kier molecular flexibility index (Phi) is 5.99. The van der Waals surface area contributed by atoms with Gasteiger partial charge < -0.3 is 0 Å². The summed E-state index contributed by atoms with van der Waals surface area (Å²) in [6, 6.07) is 7.18. The van der Waals surface area contributed by atoms with Gasteiger partial charge in [-0.1, -0.05) is 41.9 Å². The van der Waals surface area contributed by atoms with Crippen LogP contribution in [0.4, 0.5) is 5.69 Å². The van der Waals surface area contributed by atoms with E-state index in [-0.39, 0.29) is 18.4 Å². The first-order valence-electron chi connectivity index (χ1n) is 9.54. The van der Waals surface area contributed by atoms with Crippen molar-refractivity contribution in [3.05, 3.63) is 51.5 Å². The quantitative estimate of drug-likeness (QED) is 0.564. The van der Waals surface area contributed by atoms with Crippen LogP contribution >= 0.6 is 35.0 Å². The summed E-state index contributed by atoms with van der Waals surface area (Å²) in [7, 11) is 0. The molecular formula is C20H20Cl2N6OS. The Labute approximate surface area is 188 Å². The highest BCUT2D eigenvalue weighted by atomic mass is 35.5. The van der Waals surface area contributed by atoms with Crippen LogP contribution in [0.15, 0.2) is 29.3 Å². The molecular weight excluding hydrogens is 443 g/mol. The van der Waals surface area contributed by atoms with E-state index in [0.717, 1.165) is 23.6 Å². The molecule has 2 aromatic heterocycles. The average Bonchev–Trinajstić information content (AvgIpc) is 3.28. The minimum Gasteiger partial charge on any atom is -0.287 e. The van der Waals surface area contributed by atoms with Gasteiger partial charge in [0.2, 0.25) is 5.91 Å². The lowest BCUT2D eigenvalue weighted by Crippen LogP contribution is -2.40. The van der Waals surface area contributed by atoms with Gasteiger partial charge >= 0.3 is 0 Å². The molecule has 4 rings (SSSR count). The van der Waals surface area contributed by atoms with Crippen LogP contribution in [0.2, 0.25) is 10.0 Å². The van der Waals surface area contributed by atoms with Crippen molar-refractivity contribution < 1.29 is 4.79 Å². The van der Waals surface area contributed by atoms with E-state index in [2.05, 4.69) is 27.0 Å².